The fourth-order valence-electron chi connectivity index (χ4n) is 1.77. The van der Waals surface area contributed by atoms with Crippen molar-refractivity contribution in [2.24, 2.45) is 5.73 Å². The lowest BCUT2D eigenvalue weighted by molar-refractivity contribution is 0.0762. The van der Waals surface area contributed by atoms with Gasteiger partial charge in [-0.3, -0.25) is 4.79 Å². The molecule has 104 valence electrons. The van der Waals surface area contributed by atoms with Crippen LogP contribution in [0.25, 0.3) is 0 Å². The fourth-order valence-corrected chi connectivity index (χ4v) is 1.77. The van der Waals surface area contributed by atoms with Gasteiger partial charge in [0.15, 0.2) is 0 Å². The van der Waals surface area contributed by atoms with E-state index in [9.17, 15) is 9.59 Å². The summed E-state index contributed by atoms with van der Waals surface area (Å²) < 4.78 is 0. The maximum Gasteiger partial charge on any atom is 0.316 e. The van der Waals surface area contributed by atoms with Crippen molar-refractivity contribution < 1.29 is 9.59 Å². The zero-order valence-corrected chi connectivity index (χ0v) is 11.5. The molecule has 1 rings (SSSR count). The second-order valence-corrected chi connectivity index (χ2v) is 4.30. The van der Waals surface area contributed by atoms with Crippen molar-refractivity contribution in [1.29, 1.82) is 0 Å². The Hall–Kier alpha value is -2.04. The molecule has 5 heteroatoms. The number of anilines is 1. The van der Waals surface area contributed by atoms with Gasteiger partial charge in [0.05, 0.1) is 0 Å². The molecule has 3 N–H and O–H groups in total. The zero-order chi connectivity index (χ0) is 14.3. The van der Waals surface area contributed by atoms with Crippen LogP contribution in [0, 0.1) is 0 Å². The lowest BCUT2D eigenvalue weighted by Gasteiger charge is -2.20. The number of amides is 3. The maximum absolute atomic E-state index is 12.2. The molecular weight excluding hydrogens is 242 g/mol. The molecule has 0 unspecified atom stereocenters. The predicted molar refractivity (Wildman–Crippen MR) is 76.1 cm³/mol. The van der Waals surface area contributed by atoms with Gasteiger partial charge in [0.25, 0.3) is 5.91 Å². The molecule has 3 amide bonds. The van der Waals surface area contributed by atoms with Crippen molar-refractivity contribution in [2.75, 3.05) is 18.4 Å². The molecule has 0 saturated heterocycles. The molecule has 0 radical (unpaired) electrons. The highest BCUT2D eigenvalue weighted by molar-refractivity contribution is 5.95. The highest BCUT2D eigenvalue weighted by Crippen LogP contribution is 2.12. The first-order chi connectivity index (χ1) is 9.08. The van der Waals surface area contributed by atoms with Gasteiger partial charge < -0.3 is 16.0 Å². The summed E-state index contributed by atoms with van der Waals surface area (Å²) in [6.07, 6.45) is 2.06. The number of hydrogen-bond donors (Lipinski definition) is 2. The average Bonchev–Trinajstić information content (AvgIpc) is 2.39. The van der Waals surface area contributed by atoms with E-state index in [1.165, 1.54) is 0 Å². The minimum absolute atomic E-state index is 0.0153. The predicted octanol–water partition coefficient (Wildman–Crippen LogP) is 2.44. The largest absolute Gasteiger partial charge is 0.351 e. The van der Waals surface area contributed by atoms with Crippen LogP contribution in [-0.4, -0.2) is 29.9 Å². The minimum Gasteiger partial charge on any atom is -0.351 e. The summed E-state index contributed by atoms with van der Waals surface area (Å²) in [6.45, 7) is 5.53. The third-order valence-corrected chi connectivity index (χ3v) is 2.85. The summed E-state index contributed by atoms with van der Waals surface area (Å²) in [4.78, 5) is 24.7. The summed E-state index contributed by atoms with van der Waals surface area (Å²) in [5.41, 5.74) is 6.22. The van der Waals surface area contributed by atoms with E-state index in [0.29, 0.717) is 17.8 Å². The lowest BCUT2D eigenvalue weighted by Crippen LogP contribution is -2.31. The SMILES string of the molecule is CCCCN(CC)C(=O)c1ccc(NC(N)=O)cc1. The molecule has 0 spiro atoms. The van der Waals surface area contributed by atoms with E-state index in [0.717, 1.165) is 19.4 Å². The summed E-state index contributed by atoms with van der Waals surface area (Å²) in [6, 6.07) is 6.12. The molecule has 19 heavy (non-hydrogen) atoms. The van der Waals surface area contributed by atoms with E-state index < -0.39 is 6.03 Å². The van der Waals surface area contributed by atoms with E-state index in [2.05, 4.69) is 12.2 Å². The van der Waals surface area contributed by atoms with E-state index in [-0.39, 0.29) is 5.91 Å². The smallest absolute Gasteiger partial charge is 0.316 e. The number of primary amides is 1. The van der Waals surface area contributed by atoms with Gasteiger partial charge in [0, 0.05) is 24.3 Å². The quantitative estimate of drug-likeness (QED) is 0.827. The van der Waals surface area contributed by atoms with Gasteiger partial charge >= 0.3 is 6.03 Å². The average molecular weight is 263 g/mol. The van der Waals surface area contributed by atoms with E-state index in [1.54, 1.807) is 24.3 Å². The molecule has 5 nitrogen and oxygen atoms in total. The summed E-state index contributed by atoms with van der Waals surface area (Å²) in [5.74, 6) is 0.0153. The molecule has 1 aromatic rings. The topological polar surface area (TPSA) is 75.4 Å². The molecule has 0 saturated carbocycles. The third-order valence-electron chi connectivity index (χ3n) is 2.85. The number of hydrogen-bond acceptors (Lipinski definition) is 2. The van der Waals surface area contributed by atoms with Gasteiger partial charge in [-0.05, 0) is 37.6 Å². The second-order valence-electron chi connectivity index (χ2n) is 4.30. The number of nitrogens with one attached hydrogen (secondary N) is 1. The van der Waals surface area contributed by atoms with Crippen LogP contribution >= 0.6 is 0 Å². The van der Waals surface area contributed by atoms with Gasteiger partial charge in [0.2, 0.25) is 0 Å². The molecule has 0 heterocycles. The van der Waals surface area contributed by atoms with Crippen molar-refractivity contribution >= 4 is 17.6 Å². The Morgan fingerprint density at radius 1 is 1.21 bits per heavy atom. The Bertz CT molecular complexity index is 429. The van der Waals surface area contributed by atoms with Crippen LogP contribution in [0.5, 0.6) is 0 Å². The number of benzene rings is 1. The van der Waals surface area contributed by atoms with Crippen LogP contribution < -0.4 is 11.1 Å². The number of nitrogens with two attached hydrogens (primary N) is 1. The van der Waals surface area contributed by atoms with Crippen LogP contribution in [0.15, 0.2) is 24.3 Å². The fraction of sp³-hybridized carbons (Fsp3) is 0.429. The molecule has 0 aliphatic carbocycles. The molecule has 0 fully saturated rings. The number of carbonyl (C=O) groups excluding carboxylic acids is 2. The first-order valence-electron chi connectivity index (χ1n) is 6.54. The van der Waals surface area contributed by atoms with E-state index in [1.807, 2.05) is 11.8 Å². The molecule has 0 bridgehead atoms. The zero-order valence-electron chi connectivity index (χ0n) is 11.5. The van der Waals surface area contributed by atoms with Crippen LogP contribution in [0.1, 0.15) is 37.0 Å². The van der Waals surface area contributed by atoms with Crippen molar-refractivity contribution in [3.05, 3.63) is 29.8 Å². The summed E-state index contributed by atoms with van der Waals surface area (Å²) in [7, 11) is 0. The van der Waals surface area contributed by atoms with Gasteiger partial charge in [-0.2, -0.15) is 0 Å². The Balaban J connectivity index is 2.73. The number of carbonyl (C=O) groups is 2. The van der Waals surface area contributed by atoms with Crippen LogP contribution in [0.2, 0.25) is 0 Å². The lowest BCUT2D eigenvalue weighted by atomic mass is 10.1. The first-order valence-corrected chi connectivity index (χ1v) is 6.54. The number of rotatable bonds is 6. The summed E-state index contributed by atoms with van der Waals surface area (Å²) >= 11 is 0. The summed E-state index contributed by atoms with van der Waals surface area (Å²) in [5, 5.41) is 2.46. The Morgan fingerprint density at radius 3 is 2.32 bits per heavy atom. The molecule has 1 aromatic carbocycles. The van der Waals surface area contributed by atoms with Crippen molar-refractivity contribution in [3.63, 3.8) is 0 Å². The Labute approximate surface area is 113 Å². The van der Waals surface area contributed by atoms with E-state index in [4.69, 9.17) is 5.73 Å². The molecule has 0 aromatic heterocycles. The van der Waals surface area contributed by atoms with Crippen LogP contribution in [0.3, 0.4) is 0 Å². The molecule has 0 aliphatic heterocycles. The molecule has 0 atom stereocenters. The van der Waals surface area contributed by atoms with Gasteiger partial charge in [-0.1, -0.05) is 13.3 Å². The van der Waals surface area contributed by atoms with Gasteiger partial charge in [-0.25, -0.2) is 4.79 Å². The minimum atomic E-state index is -0.614. The number of nitrogens with zero attached hydrogens (tertiary/aromatic N) is 1. The number of unbranched alkanes of at least 4 members (excludes halogenated alkanes) is 1. The highest BCUT2D eigenvalue weighted by atomic mass is 16.2. The third kappa shape index (κ3) is 4.62. The van der Waals surface area contributed by atoms with Crippen LogP contribution in [0.4, 0.5) is 10.5 Å². The highest BCUT2D eigenvalue weighted by Gasteiger charge is 2.13. The normalized spacial score (nSPS) is 10.0. The maximum atomic E-state index is 12.2. The Kier molecular flexibility index (Phi) is 5.85. The van der Waals surface area contributed by atoms with Gasteiger partial charge in [0.1, 0.15) is 0 Å². The molecule has 0 aliphatic rings. The van der Waals surface area contributed by atoms with Crippen molar-refractivity contribution in [2.45, 2.75) is 26.7 Å². The monoisotopic (exact) mass is 263 g/mol. The van der Waals surface area contributed by atoms with Crippen molar-refractivity contribution in [1.82, 2.24) is 4.90 Å². The number of urea groups is 1. The standard InChI is InChI=1S/C14H21N3O2/c1-3-5-10-17(4-2)13(18)11-6-8-12(9-7-11)16-14(15)19/h6-9H,3-5,10H2,1-2H3,(H3,15,16,19). The van der Waals surface area contributed by atoms with Gasteiger partial charge in [-0.15, -0.1) is 0 Å². The second kappa shape index (κ2) is 7.41. The Morgan fingerprint density at radius 2 is 1.84 bits per heavy atom. The van der Waals surface area contributed by atoms with E-state index >= 15 is 0 Å². The first kappa shape index (κ1) is 15.0. The van der Waals surface area contributed by atoms with Crippen LogP contribution in [-0.2, 0) is 0 Å². The van der Waals surface area contributed by atoms with Crippen molar-refractivity contribution in [3.8, 4) is 0 Å². The molecular formula is C14H21N3O2.